The largest absolute Gasteiger partial charge is 0.480 e. The van der Waals surface area contributed by atoms with E-state index in [0.29, 0.717) is 19.1 Å². The van der Waals surface area contributed by atoms with Crippen LogP contribution in [0.15, 0.2) is 0 Å². The number of nitrogens with zero attached hydrogens (tertiary/aromatic N) is 2. The van der Waals surface area contributed by atoms with Gasteiger partial charge in [0, 0.05) is 19.1 Å². The quantitative estimate of drug-likeness (QED) is 0.744. The van der Waals surface area contributed by atoms with Crippen LogP contribution in [-0.2, 0) is 9.59 Å². The van der Waals surface area contributed by atoms with Gasteiger partial charge in [-0.15, -0.1) is 0 Å². The molecule has 0 aromatic carbocycles. The summed E-state index contributed by atoms with van der Waals surface area (Å²) in [4.78, 5) is 26.1. The normalized spacial score (nSPS) is 24.0. The van der Waals surface area contributed by atoms with Crippen LogP contribution in [0.4, 0.5) is 0 Å². The molecule has 1 heterocycles. The van der Waals surface area contributed by atoms with E-state index in [1.54, 1.807) is 4.90 Å². The summed E-state index contributed by atoms with van der Waals surface area (Å²) in [5.41, 5.74) is 0. The number of rotatable bonds is 3. The van der Waals surface area contributed by atoms with E-state index in [-0.39, 0.29) is 19.0 Å². The Hall–Kier alpha value is -1.10. The summed E-state index contributed by atoms with van der Waals surface area (Å²) in [5.74, 6) is -0.762. The van der Waals surface area contributed by atoms with Crippen molar-refractivity contribution in [3.8, 4) is 0 Å². The van der Waals surface area contributed by atoms with Gasteiger partial charge < -0.3 is 10.0 Å². The summed E-state index contributed by atoms with van der Waals surface area (Å²) < 4.78 is 0. The molecule has 1 N–H and O–H groups in total. The molecule has 90 valence electrons. The highest BCUT2D eigenvalue weighted by atomic mass is 16.4. The summed E-state index contributed by atoms with van der Waals surface area (Å²) in [7, 11) is 0. The molecule has 0 aromatic heterocycles. The van der Waals surface area contributed by atoms with Gasteiger partial charge in [0.25, 0.3) is 0 Å². The topological polar surface area (TPSA) is 60.9 Å². The Morgan fingerprint density at radius 3 is 2.56 bits per heavy atom. The van der Waals surface area contributed by atoms with Crippen LogP contribution < -0.4 is 0 Å². The average Bonchev–Trinajstić information content (AvgIpc) is 2.69. The third-order valence-electron chi connectivity index (χ3n) is 3.46. The van der Waals surface area contributed by atoms with Crippen LogP contribution in [0.3, 0.4) is 0 Å². The first-order valence-corrected chi connectivity index (χ1v) is 5.90. The molecule has 0 atom stereocenters. The van der Waals surface area contributed by atoms with Crippen molar-refractivity contribution in [2.75, 3.05) is 26.2 Å². The molecule has 0 aromatic rings. The van der Waals surface area contributed by atoms with Gasteiger partial charge in [0.15, 0.2) is 0 Å². The molecule has 0 radical (unpaired) electrons. The van der Waals surface area contributed by atoms with E-state index < -0.39 is 5.97 Å². The fourth-order valence-corrected chi connectivity index (χ4v) is 2.66. The minimum absolute atomic E-state index is 0.0236. The second-order valence-corrected chi connectivity index (χ2v) is 4.63. The Morgan fingerprint density at radius 1 is 1.31 bits per heavy atom. The Balaban J connectivity index is 1.87. The number of piperazine rings is 1. The molecule has 2 aliphatic rings. The van der Waals surface area contributed by atoms with Crippen LogP contribution in [0.1, 0.15) is 25.7 Å². The molecular weight excluding hydrogens is 208 g/mol. The minimum atomic E-state index is -0.859. The van der Waals surface area contributed by atoms with E-state index in [9.17, 15) is 9.59 Å². The molecule has 5 heteroatoms. The lowest BCUT2D eigenvalue weighted by Gasteiger charge is -2.37. The van der Waals surface area contributed by atoms with Crippen molar-refractivity contribution in [1.82, 2.24) is 9.80 Å². The summed E-state index contributed by atoms with van der Waals surface area (Å²) in [6, 6.07) is 0.416. The summed E-state index contributed by atoms with van der Waals surface area (Å²) in [6.07, 6.45) is 4.66. The fourth-order valence-electron chi connectivity index (χ4n) is 2.66. The van der Waals surface area contributed by atoms with E-state index in [0.717, 1.165) is 12.8 Å². The number of aliphatic carboxylic acids is 1. The Bertz CT molecular complexity index is 287. The van der Waals surface area contributed by atoms with Gasteiger partial charge in [-0.25, -0.2) is 0 Å². The zero-order valence-corrected chi connectivity index (χ0v) is 9.39. The molecule has 5 nitrogen and oxygen atoms in total. The van der Waals surface area contributed by atoms with Gasteiger partial charge in [0.05, 0.1) is 13.1 Å². The Kier molecular flexibility index (Phi) is 3.43. The molecular formula is C11H18N2O3. The van der Waals surface area contributed by atoms with Gasteiger partial charge in [0.2, 0.25) is 5.91 Å². The van der Waals surface area contributed by atoms with Crippen molar-refractivity contribution < 1.29 is 14.7 Å². The second kappa shape index (κ2) is 4.82. The zero-order chi connectivity index (χ0) is 11.5. The summed E-state index contributed by atoms with van der Waals surface area (Å²) in [5, 5.41) is 8.66. The van der Waals surface area contributed by atoms with Crippen LogP contribution in [0.2, 0.25) is 0 Å². The molecule has 1 amide bonds. The van der Waals surface area contributed by atoms with Gasteiger partial charge in [-0.2, -0.15) is 0 Å². The lowest BCUT2D eigenvalue weighted by molar-refractivity contribution is -0.143. The maximum atomic E-state index is 11.9. The predicted octanol–water partition coefficient (Wildman–Crippen LogP) is 0.158. The lowest BCUT2D eigenvalue weighted by atomic mass is 10.1. The number of hydrogen-bond donors (Lipinski definition) is 1. The van der Waals surface area contributed by atoms with Crippen LogP contribution in [0.25, 0.3) is 0 Å². The van der Waals surface area contributed by atoms with Crippen molar-refractivity contribution in [2.45, 2.75) is 31.7 Å². The average molecular weight is 226 g/mol. The van der Waals surface area contributed by atoms with Crippen molar-refractivity contribution in [2.24, 2.45) is 0 Å². The molecule has 0 unspecified atom stereocenters. The SMILES string of the molecule is O=C(O)CN1CCN(C2CCCC2)C(=O)C1. The van der Waals surface area contributed by atoms with Gasteiger partial charge in [-0.05, 0) is 12.8 Å². The first-order valence-electron chi connectivity index (χ1n) is 5.90. The standard InChI is InChI=1S/C11H18N2O3/c14-10-7-12(8-11(15)16)5-6-13(10)9-3-1-2-4-9/h9H,1-8H2,(H,15,16). The Morgan fingerprint density at radius 2 is 2.00 bits per heavy atom. The number of hydrogen-bond acceptors (Lipinski definition) is 3. The highest BCUT2D eigenvalue weighted by Gasteiger charge is 2.31. The van der Waals surface area contributed by atoms with E-state index in [1.165, 1.54) is 12.8 Å². The third-order valence-corrected chi connectivity index (χ3v) is 3.46. The van der Waals surface area contributed by atoms with Crippen LogP contribution in [0.5, 0.6) is 0 Å². The molecule has 0 bridgehead atoms. The fraction of sp³-hybridized carbons (Fsp3) is 0.818. The number of carboxylic acid groups (broad SMARTS) is 1. The smallest absolute Gasteiger partial charge is 0.317 e. The second-order valence-electron chi connectivity index (χ2n) is 4.63. The lowest BCUT2D eigenvalue weighted by Crippen LogP contribution is -2.54. The van der Waals surface area contributed by atoms with E-state index in [2.05, 4.69) is 0 Å². The molecule has 1 aliphatic heterocycles. The molecule has 2 rings (SSSR count). The highest BCUT2D eigenvalue weighted by molar-refractivity contribution is 5.80. The zero-order valence-electron chi connectivity index (χ0n) is 9.39. The monoisotopic (exact) mass is 226 g/mol. The van der Waals surface area contributed by atoms with Gasteiger partial charge in [0.1, 0.15) is 0 Å². The van der Waals surface area contributed by atoms with E-state index in [1.807, 2.05) is 4.90 Å². The van der Waals surface area contributed by atoms with E-state index >= 15 is 0 Å². The van der Waals surface area contributed by atoms with E-state index in [4.69, 9.17) is 5.11 Å². The van der Waals surface area contributed by atoms with Crippen molar-refractivity contribution in [1.29, 1.82) is 0 Å². The predicted molar refractivity (Wildman–Crippen MR) is 58.0 cm³/mol. The minimum Gasteiger partial charge on any atom is -0.480 e. The molecule has 1 aliphatic carbocycles. The Labute approximate surface area is 95.0 Å². The molecule has 1 saturated carbocycles. The van der Waals surface area contributed by atoms with Gasteiger partial charge >= 0.3 is 5.97 Å². The van der Waals surface area contributed by atoms with Crippen LogP contribution in [0, 0.1) is 0 Å². The first-order chi connectivity index (χ1) is 7.66. The molecule has 16 heavy (non-hydrogen) atoms. The number of carboxylic acids is 1. The summed E-state index contributed by atoms with van der Waals surface area (Å²) in [6.45, 7) is 1.62. The van der Waals surface area contributed by atoms with Crippen molar-refractivity contribution in [3.05, 3.63) is 0 Å². The van der Waals surface area contributed by atoms with Crippen LogP contribution >= 0.6 is 0 Å². The van der Waals surface area contributed by atoms with Crippen LogP contribution in [-0.4, -0.2) is 59.0 Å². The van der Waals surface area contributed by atoms with Gasteiger partial charge in [-0.1, -0.05) is 12.8 Å². The maximum Gasteiger partial charge on any atom is 0.317 e. The van der Waals surface area contributed by atoms with Crippen molar-refractivity contribution in [3.63, 3.8) is 0 Å². The third kappa shape index (κ3) is 2.52. The molecule has 2 fully saturated rings. The number of carbonyl (C=O) groups is 2. The number of carbonyl (C=O) groups excluding carboxylic acids is 1. The van der Waals surface area contributed by atoms with Gasteiger partial charge in [-0.3, -0.25) is 14.5 Å². The summed E-state index contributed by atoms with van der Waals surface area (Å²) >= 11 is 0. The maximum absolute atomic E-state index is 11.9. The first kappa shape index (κ1) is 11.4. The highest BCUT2D eigenvalue weighted by Crippen LogP contribution is 2.24. The van der Waals surface area contributed by atoms with Crippen molar-refractivity contribution >= 4 is 11.9 Å². The number of amides is 1. The molecule has 1 saturated heterocycles. The molecule has 0 spiro atoms.